The third-order valence-electron chi connectivity index (χ3n) is 5.51. The number of piperidine rings is 1. The molecule has 1 saturated heterocycles. The molecular weight excluding hydrogens is 390 g/mol. The Labute approximate surface area is 181 Å². The average molecular weight is 416 g/mol. The molecule has 1 aromatic carbocycles. The summed E-state index contributed by atoms with van der Waals surface area (Å²) in [6, 6.07) is 9.99. The standard InChI is InChI=1S/C23H25N7O/c1-2-19(31)30-10-6-9-17(13-30)29-23-20(22(25)27-14-28-23)21(24)18-11-16(12-26-18)15-7-4-3-5-8-15/h2-5,7-8,11,14,17,24H,1,6,9-10,12-13H2,(H3,25,27,28,29). The number of hydrogen-bond donors (Lipinski definition) is 3. The van der Waals surface area contributed by atoms with Crippen LogP contribution in [0.15, 0.2) is 60.4 Å². The summed E-state index contributed by atoms with van der Waals surface area (Å²) in [4.78, 5) is 26.7. The average Bonchev–Trinajstić information content (AvgIpc) is 3.29. The second kappa shape index (κ2) is 8.91. The summed E-state index contributed by atoms with van der Waals surface area (Å²) >= 11 is 0. The van der Waals surface area contributed by atoms with Gasteiger partial charge < -0.3 is 16.0 Å². The van der Waals surface area contributed by atoms with Gasteiger partial charge in [0.25, 0.3) is 0 Å². The van der Waals surface area contributed by atoms with Crippen LogP contribution < -0.4 is 11.1 Å². The first-order valence-corrected chi connectivity index (χ1v) is 10.2. The molecule has 4 N–H and O–H groups in total. The molecule has 1 aromatic heterocycles. The lowest BCUT2D eigenvalue weighted by atomic mass is 10.0. The Morgan fingerprint density at radius 3 is 2.87 bits per heavy atom. The van der Waals surface area contributed by atoms with Crippen LogP contribution in [0.1, 0.15) is 24.0 Å². The number of allylic oxidation sites excluding steroid dienone is 1. The highest BCUT2D eigenvalue weighted by Gasteiger charge is 2.26. The number of rotatable bonds is 6. The number of benzene rings is 1. The lowest BCUT2D eigenvalue weighted by molar-refractivity contribution is -0.127. The van der Waals surface area contributed by atoms with Crippen molar-refractivity contribution in [2.24, 2.45) is 4.99 Å². The molecule has 0 saturated carbocycles. The minimum Gasteiger partial charge on any atom is -0.383 e. The molecule has 3 heterocycles. The molecule has 2 aliphatic rings. The summed E-state index contributed by atoms with van der Waals surface area (Å²) in [6.07, 6.45) is 6.39. The van der Waals surface area contributed by atoms with Crippen molar-refractivity contribution in [1.29, 1.82) is 5.41 Å². The van der Waals surface area contributed by atoms with Gasteiger partial charge in [-0.25, -0.2) is 9.97 Å². The van der Waals surface area contributed by atoms with Crippen molar-refractivity contribution in [2.75, 3.05) is 30.7 Å². The Kier molecular flexibility index (Phi) is 5.88. The zero-order valence-corrected chi connectivity index (χ0v) is 17.2. The van der Waals surface area contributed by atoms with Gasteiger partial charge in [-0.05, 0) is 36.1 Å². The zero-order valence-electron chi connectivity index (χ0n) is 17.2. The predicted octanol–water partition coefficient (Wildman–Crippen LogP) is 2.55. The summed E-state index contributed by atoms with van der Waals surface area (Å²) in [6.45, 7) is 5.34. The summed E-state index contributed by atoms with van der Waals surface area (Å²) in [7, 11) is 0. The van der Waals surface area contributed by atoms with Gasteiger partial charge in [0.05, 0.1) is 23.5 Å². The topological polar surface area (TPSA) is 120 Å². The molecule has 0 aliphatic carbocycles. The molecule has 1 fully saturated rings. The highest BCUT2D eigenvalue weighted by Crippen LogP contribution is 2.25. The Morgan fingerprint density at radius 2 is 2.10 bits per heavy atom. The van der Waals surface area contributed by atoms with Crippen LogP contribution in [0, 0.1) is 5.41 Å². The molecule has 1 unspecified atom stereocenters. The first-order chi connectivity index (χ1) is 15.1. The molecule has 0 spiro atoms. The van der Waals surface area contributed by atoms with Gasteiger partial charge in [0, 0.05) is 19.1 Å². The number of nitrogens with two attached hydrogens (primary N) is 1. The number of aromatic nitrogens is 2. The minimum absolute atomic E-state index is 0.000520. The number of nitrogen functional groups attached to an aromatic ring is 1. The molecule has 2 aliphatic heterocycles. The van der Waals surface area contributed by atoms with Crippen molar-refractivity contribution in [3.8, 4) is 0 Å². The number of anilines is 2. The second-order valence-electron chi connectivity index (χ2n) is 7.57. The third-order valence-corrected chi connectivity index (χ3v) is 5.51. The van der Waals surface area contributed by atoms with Gasteiger partial charge in [-0.2, -0.15) is 0 Å². The minimum atomic E-state index is -0.0828. The number of carbonyl (C=O) groups excluding carboxylic acids is 1. The lowest BCUT2D eigenvalue weighted by Crippen LogP contribution is -2.44. The summed E-state index contributed by atoms with van der Waals surface area (Å²) in [5.41, 5.74) is 9.45. The maximum absolute atomic E-state index is 12.0. The fourth-order valence-electron chi connectivity index (χ4n) is 3.91. The SMILES string of the molecule is C=CC(=O)N1CCCC(Nc2ncnc(N)c2C(=N)C2=NCC(c3ccccc3)=C2)C1. The molecule has 158 valence electrons. The highest BCUT2D eigenvalue weighted by atomic mass is 16.2. The maximum Gasteiger partial charge on any atom is 0.246 e. The fourth-order valence-corrected chi connectivity index (χ4v) is 3.91. The number of aliphatic imine (C=N–C) groups is 1. The Balaban J connectivity index is 1.56. The van der Waals surface area contributed by atoms with Gasteiger partial charge in [0.2, 0.25) is 5.91 Å². The zero-order chi connectivity index (χ0) is 21.8. The first-order valence-electron chi connectivity index (χ1n) is 10.2. The number of amides is 1. The Morgan fingerprint density at radius 1 is 1.29 bits per heavy atom. The lowest BCUT2D eigenvalue weighted by Gasteiger charge is -2.33. The first kappa shape index (κ1) is 20.5. The van der Waals surface area contributed by atoms with Gasteiger partial charge in [-0.1, -0.05) is 36.9 Å². The molecular formula is C23H25N7O. The molecule has 4 rings (SSSR count). The van der Waals surface area contributed by atoms with Crippen molar-refractivity contribution in [1.82, 2.24) is 14.9 Å². The molecule has 0 bridgehead atoms. The van der Waals surface area contributed by atoms with E-state index in [1.54, 1.807) is 4.90 Å². The number of nitrogens with zero attached hydrogens (tertiary/aromatic N) is 4. The van der Waals surface area contributed by atoms with Gasteiger partial charge in [-0.3, -0.25) is 15.2 Å². The van der Waals surface area contributed by atoms with Crippen molar-refractivity contribution in [3.63, 3.8) is 0 Å². The largest absolute Gasteiger partial charge is 0.383 e. The van der Waals surface area contributed by atoms with Crippen molar-refractivity contribution in [2.45, 2.75) is 18.9 Å². The normalized spacial score (nSPS) is 18.2. The number of likely N-dealkylation sites (tertiary alicyclic amines) is 1. The molecule has 0 radical (unpaired) electrons. The smallest absolute Gasteiger partial charge is 0.246 e. The van der Waals surface area contributed by atoms with E-state index in [1.807, 2.05) is 36.4 Å². The Hall–Kier alpha value is -3.81. The van der Waals surface area contributed by atoms with Gasteiger partial charge in [0.15, 0.2) is 0 Å². The van der Waals surface area contributed by atoms with Gasteiger partial charge in [-0.15, -0.1) is 0 Å². The fraction of sp³-hybridized carbons (Fsp3) is 0.261. The monoisotopic (exact) mass is 415 g/mol. The van der Waals surface area contributed by atoms with Crippen molar-refractivity contribution in [3.05, 3.63) is 66.5 Å². The summed E-state index contributed by atoms with van der Waals surface area (Å²) in [5.74, 6) is 0.627. The molecule has 8 nitrogen and oxygen atoms in total. The number of hydrogen-bond acceptors (Lipinski definition) is 7. The maximum atomic E-state index is 12.0. The van der Waals surface area contributed by atoms with Crippen LogP contribution in [-0.2, 0) is 4.79 Å². The van der Waals surface area contributed by atoms with E-state index in [0.29, 0.717) is 36.7 Å². The van der Waals surface area contributed by atoms with Crippen LogP contribution in [0.25, 0.3) is 5.57 Å². The summed E-state index contributed by atoms with van der Waals surface area (Å²) < 4.78 is 0. The van der Waals surface area contributed by atoms with E-state index < -0.39 is 0 Å². The van der Waals surface area contributed by atoms with Gasteiger partial charge >= 0.3 is 0 Å². The van der Waals surface area contributed by atoms with E-state index in [1.165, 1.54) is 12.4 Å². The van der Waals surface area contributed by atoms with Crippen LogP contribution >= 0.6 is 0 Å². The molecule has 31 heavy (non-hydrogen) atoms. The number of nitrogens with one attached hydrogen (secondary N) is 2. The van der Waals surface area contributed by atoms with E-state index >= 15 is 0 Å². The Bertz CT molecular complexity index is 1070. The van der Waals surface area contributed by atoms with Crippen LogP contribution in [0.2, 0.25) is 0 Å². The van der Waals surface area contributed by atoms with Crippen LogP contribution in [0.3, 0.4) is 0 Å². The van der Waals surface area contributed by atoms with E-state index in [2.05, 4.69) is 26.9 Å². The van der Waals surface area contributed by atoms with Crippen molar-refractivity contribution < 1.29 is 4.79 Å². The molecule has 8 heteroatoms. The predicted molar refractivity (Wildman–Crippen MR) is 123 cm³/mol. The van der Waals surface area contributed by atoms with Gasteiger partial charge in [0.1, 0.15) is 18.0 Å². The van der Waals surface area contributed by atoms with Crippen molar-refractivity contribution >= 4 is 34.5 Å². The van der Waals surface area contributed by atoms with Crippen LogP contribution in [-0.4, -0.2) is 57.9 Å². The van der Waals surface area contributed by atoms with E-state index in [0.717, 1.165) is 24.0 Å². The highest BCUT2D eigenvalue weighted by molar-refractivity contribution is 6.54. The molecule has 1 amide bonds. The summed E-state index contributed by atoms with van der Waals surface area (Å²) in [5, 5.41) is 12.1. The molecule has 1 atom stereocenters. The quantitative estimate of drug-likeness (QED) is 0.495. The van der Waals surface area contributed by atoms with E-state index in [4.69, 9.17) is 11.1 Å². The van der Waals surface area contributed by atoms with Crippen LogP contribution in [0.5, 0.6) is 0 Å². The molecule has 2 aromatic rings. The second-order valence-corrected chi connectivity index (χ2v) is 7.57. The van der Waals surface area contributed by atoms with E-state index in [-0.39, 0.29) is 23.5 Å². The van der Waals surface area contributed by atoms with E-state index in [9.17, 15) is 4.79 Å². The van der Waals surface area contributed by atoms with Crippen LogP contribution in [0.4, 0.5) is 11.6 Å². The third kappa shape index (κ3) is 4.37. The number of carbonyl (C=O) groups is 1.